The molecule has 0 aliphatic rings. The van der Waals surface area contributed by atoms with Crippen molar-refractivity contribution >= 4 is 17.8 Å². The number of benzene rings is 3. The van der Waals surface area contributed by atoms with Gasteiger partial charge < -0.3 is 15.2 Å². The maximum Gasteiger partial charge on any atom is 0.343 e. The number of nitrogen functional groups attached to an aromatic ring is 1. The molecule has 0 atom stereocenters. The van der Waals surface area contributed by atoms with Gasteiger partial charge in [0.1, 0.15) is 11.6 Å². The predicted octanol–water partition coefficient (Wildman–Crippen LogP) is 3.76. The first-order chi connectivity index (χ1) is 15.9. The molecular formula is C26H27N3O4. The van der Waals surface area contributed by atoms with Crippen LogP contribution >= 0.6 is 0 Å². The summed E-state index contributed by atoms with van der Waals surface area (Å²) in [7, 11) is 0. The number of hydrogen-bond acceptors (Lipinski definition) is 6. The van der Waals surface area contributed by atoms with Crippen molar-refractivity contribution in [2.24, 2.45) is 5.73 Å². The first kappa shape index (κ1) is 23.7. The van der Waals surface area contributed by atoms with E-state index in [4.69, 9.17) is 20.6 Å². The SMILES string of the molecule is CCOC(=O)CN(Cc1ccccc1)Cc1ccc(C(=O)Oc2ccc(C(=N)N)cc2)cc1. The second kappa shape index (κ2) is 11.6. The Balaban J connectivity index is 1.65. The molecule has 0 saturated heterocycles. The molecule has 0 fully saturated rings. The summed E-state index contributed by atoms with van der Waals surface area (Å²) < 4.78 is 10.5. The van der Waals surface area contributed by atoms with Gasteiger partial charge in [-0.3, -0.25) is 15.1 Å². The van der Waals surface area contributed by atoms with Gasteiger partial charge in [0.15, 0.2) is 0 Å². The molecule has 7 nitrogen and oxygen atoms in total. The summed E-state index contributed by atoms with van der Waals surface area (Å²) in [5.74, 6) is -0.431. The molecule has 0 heterocycles. The minimum Gasteiger partial charge on any atom is -0.465 e. The lowest BCUT2D eigenvalue weighted by atomic mass is 10.1. The van der Waals surface area contributed by atoms with E-state index < -0.39 is 5.97 Å². The van der Waals surface area contributed by atoms with Crippen molar-refractivity contribution in [3.63, 3.8) is 0 Å². The number of ether oxygens (including phenoxy) is 2. The summed E-state index contributed by atoms with van der Waals surface area (Å²) >= 11 is 0. The van der Waals surface area contributed by atoms with Crippen molar-refractivity contribution in [1.82, 2.24) is 4.90 Å². The summed E-state index contributed by atoms with van der Waals surface area (Å²) in [6, 6.07) is 23.4. The monoisotopic (exact) mass is 445 g/mol. The number of nitrogens with zero attached hydrogens (tertiary/aromatic N) is 1. The van der Waals surface area contributed by atoms with Crippen LogP contribution in [0.3, 0.4) is 0 Å². The lowest BCUT2D eigenvalue weighted by Gasteiger charge is -2.21. The molecule has 0 amide bonds. The van der Waals surface area contributed by atoms with E-state index in [0.717, 1.165) is 11.1 Å². The molecule has 3 N–H and O–H groups in total. The molecular weight excluding hydrogens is 418 g/mol. The maximum atomic E-state index is 12.5. The van der Waals surface area contributed by atoms with Crippen molar-refractivity contribution in [1.29, 1.82) is 5.41 Å². The molecule has 0 aliphatic heterocycles. The topological polar surface area (TPSA) is 106 Å². The van der Waals surface area contributed by atoms with Gasteiger partial charge in [-0.05, 0) is 54.4 Å². The van der Waals surface area contributed by atoms with Gasteiger partial charge in [0.25, 0.3) is 0 Å². The molecule has 3 aromatic rings. The third-order valence-electron chi connectivity index (χ3n) is 4.88. The number of carbonyl (C=O) groups excluding carboxylic acids is 2. The molecule has 33 heavy (non-hydrogen) atoms. The Kier molecular flexibility index (Phi) is 8.32. The Labute approximate surface area is 193 Å². The van der Waals surface area contributed by atoms with E-state index in [2.05, 4.69) is 0 Å². The summed E-state index contributed by atoms with van der Waals surface area (Å²) in [4.78, 5) is 26.5. The predicted molar refractivity (Wildman–Crippen MR) is 126 cm³/mol. The van der Waals surface area contributed by atoms with E-state index in [0.29, 0.717) is 36.6 Å². The van der Waals surface area contributed by atoms with Crippen LogP contribution in [0, 0.1) is 5.41 Å². The fourth-order valence-corrected chi connectivity index (χ4v) is 3.27. The molecule has 0 aliphatic carbocycles. The standard InChI is InChI=1S/C26H27N3O4/c1-2-32-24(30)18-29(16-19-6-4-3-5-7-19)17-20-8-10-22(11-9-20)26(31)33-23-14-12-21(13-15-23)25(27)28/h3-15H,2,16-18H2,1H3,(H3,27,28). The summed E-state index contributed by atoms with van der Waals surface area (Å²) in [6.45, 7) is 3.42. The van der Waals surface area contributed by atoms with E-state index in [1.54, 1.807) is 43.3 Å². The molecule has 170 valence electrons. The lowest BCUT2D eigenvalue weighted by molar-refractivity contribution is -0.144. The summed E-state index contributed by atoms with van der Waals surface area (Å²) in [6.07, 6.45) is 0. The molecule has 3 rings (SSSR count). The molecule has 7 heteroatoms. The van der Waals surface area contributed by atoms with E-state index in [-0.39, 0.29) is 18.3 Å². The molecule has 0 radical (unpaired) electrons. The molecule has 0 saturated carbocycles. The Morgan fingerprint density at radius 3 is 2.00 bits per heavy atom. The van der Waals surface area contributed by atoms with Gasteiger partial charge in [-0.2, -0.15) is 0 Å². The van der Waals surface area contributed by atoms with Gasteiger partial charge in [-0.1, -0.05) is 42.5 Å². The minimum absolute atomic E-state index is 0.0484. The number of hydrogen-bond donors (Lipinski definition) is 2. The van der Waals surface area contributed by atoms with Gasteiger partial charge in [0.05, 0.1) is 18.7 Å². The molecule has 0 aromatic heterocycles. The number of amidine groups is 1. The zero-order valence-corrected chi connectivity index (χ0v) is 18.5. The Bertz CT molecular complexity index is 1080. The molecule has 3 aromatic carbocycles. The number of esters is 2. The zero-order chi connectivity index (χ0) is 23.6. The third-order valence-corrected chi connectivity index (χ3v) is 4.88. The largest absolute Gasteiger partial charge is 0.465 e. The average Bonchev–Trinajstić information content (AvgIpc) is 2.80. The van der Waals surface area contributed by atoms with Crippen molar-refractivity contribution in [3.8, 4) is 5.75 Å². The van der Waals surface area contributed by atoms with E-state index in [1.165, 1.54) is 0 Å². The van der Waals surface area contributed by atoms with Crippen LogP contribution in [-0.4, -0.2) is 35.8 Å². The Morgan fingerprint density at radius 2 is 1.42 bits per heavy atom. The maximum absolute atomic E-state index is 12.5. The van der Waals surface area contributed by atoms with Crippen molar-refractivity contribution < 1.29 is 19.1 Å². The van der Waals surface area contributed by atoms with Gasteiger partial charge >= 0.3 is 11.9 Å². The normalized spacial score (nSPS) is 10.6. The molecule has 0 unspecified atom stereocenters. The first-order valence-corrected chi connectivity index (χ1v) is 10.6. The van der Waals surface area contributed by atoms with E-state index in [9.17, 15) is 9.59 Å². The fraction of sp³-hybridized carbons (Fsp3) is 0.192. The van der Waals surface area contributed by atoms with Crippen LogP contribution in [0.5, 0.6) is 5.75 Å². The van der Waals surface area contributed by atoms with Crippen LogP contribution in [0.4, 0.5) is 0 Å². The van der Waals surface area contributed by atoms with E-state index in [1.807, 2.05) is 47.4 Å². The van der Waals surface area contributed by atoms with E-state index >= 15 is 0 Å². The number of nitrogens with two attached hydrogens (primary N) is 1. The Morgan fingerprint density at radius 1 is 0.848 bits per heavy atom. The van der Waals surface area contributed by atoms with Crippen LogP contribution in [0.15, 0.2) is 78.9 Å². The van der Waals surface area contributed by atoms with Gasteiger partial charge in [0, 0.05) is 18.7 Å². The van der Waals surface area contributed by atoms with Crippen molar-refractivity contribution in [2.45, 2.75) is 20.0 Å². The zero-order valence-electron chi connectivity index (χ0n) is 18.5. The minimum atomic E-state index is -0.482. The van der Waals surface area contributed by atoms with Gasteiger partial charge in [-0.15, -0.1) is 0 Å². The van der Waals surface area contributed by atoms with Crippen LogP contribution in [0.25, 0.3) is 0 Å². The molecule has 0 spiro atoms. The van der Waals surface area contributed by atoms with Crippen LogP contribution in [-0.2, 0) is 22.6 Å². The highest BCUT2D eigenvalue weighted by atomic mass is 16.5. The average molecular weight is 446 g/mol. The van der Waals surface area contributed by atoms with Crippen LogP contribution in [0.2, 0.25) is 0 Å². The van der Waals surface area contributed by atoms with Crippen molar-refractivity contribution in [2.75, 3.05) is 13.2 Å². The lowest BCUT2D eigenvalue weighted by Crippen LogP contribution is -2.30. The summed E-state index contributed by atoms with van der Waals surface area (Å²) in [5, 5.41) is 7.41. The highest BCUT2D eigenvalue weighted by Crippen LogP contribution is 2.16. The van der Waals surface area contributed by atoms with Crippen LogP contribution in [0.1, 0.15) is 34.0 Å². The molecule has 0 bridgehead atoms. The highest BCUT2D eigenvalue weighted by molar-refractivity contribution is 5.95. The van der Waals surface area contributed by atoms with Gasteiger partial charge in [-0.25, -0.2) is 4.79 Å². The second-order valence-electron chi connectivity index (χ2n) is 7.46. The van der Waals surface area contributed by atoms with Crippen LogP contribution < -0.4 is 10.5 Å². The summed E-state index contributed by atoms with van der Waals surface area (Å²) in [5.41, 5.74) is 8.46. The van der Waals surface area contributed by atoms with Gasteiger partial charge in [0.2, 0.25) is 0 Å². The first-order valence-electron chi connectivity index (χ1n) is 10.6. The van der Waals surface area contributed by atoms with Crippen molar-refractivity contribution in [3.05, 3.63) is 101 Å². The fourth-order valence-electron chi connectivity index (χ4n) is 3.27. The third kappa shape index (κ3) is 7.29. The number of rotatable bonds is 10. The quantitative estimate of drug-likeness (QED) is 0.213. The highest BCUT2D eigenvalue weighted by Gasteiger charge is 2.14. The number of nitrogens with one attached hydrogen (secondary N) is 1. The number of carbonyl (C=O) groups is 2. The smallest absolute Gasteiger partial charge is 0.343 e. The Hall–Kier alpha value is -3.97. The second-order valence-corrected chi connectivity index (χ2v) is 7.46.